The summed E-state index contributed by atoms with van der Waals surface area (Å²) in [6.07, 6.45) is 3.63. The van der Waals surface area contributed by atoms with Crippen LogP contribution in [0.3, 0.4) is 0 Å². The van der Waals surface area contributed by atoms with Crippen LogP contribution in [0.2, 0.25) is 0 Å². The van der Waals surface area contributed by atoms with Crippen LogP contribution < -0.4 is 0 Å². The lowest BCUT2D eigenvalue weighted by molar-refractivity contribution is -0.0243. The summed E-state index contributed by atoms with van der Waals surface area (Å²) in [5.74, 6) is 1.00. The van der Waals surface area contributed by atoms with Gasteiger partial charge in [-0.1, -0.05) is 34.1 Å². The minimum atomic E-state index is -0.0706. The van der Waals surface area contributed by atoms with Gasteiger partial charge >= 0.3 is 0 Å². The van der Waals surface area contributed by atoms with Gasteiger partial charge in [0.1, 0.15) is 0 Å². The van der Waals surface area contributed by atoms with E-state index in [-0.39, 0.29) is 11.5 Å². The Labute approximate surface area is 76.2 Å². The highest BCUT2D eigenvalue weighted by atomic mass is 16.3. The fourth-order valence-electron chi connectivity index (χ4n) is 2.34. The highest BCUT2D eigenvalue weighted by Gasteiger charge is 2.36. The highest BCUT2D eigenvalue weighted by molar-refractivity contribution is 4.86. The van der Waals surface area contributed by atoms with Crippen LogP contribution in [0.1, 0.15) is 47.0 Å². The Hall–Kier alpha value is -0.0400. The van der Waals surface area contributed by atoms with E-state index in [2.05, 4.69) is 27.7 Å². The third kappa shape index (κ3) is 2.01. The zero-order valence-electron chi connectivity index (χ0n) is 8.80. The molecule has 1 saturated carbocycles. The van der Waals surface area contributed by atoms with Gasteiger partial charge in [0.2, 0.25) is 0 Å². The zero-order chi connectivity index (χ0) is 9.35. The molecular weight excluding hydrogens is 148 g/mol. The van der Waals surface area contributed by atoms with E-state index in [0.717, 1.165) is 0 Å². The van der Waals surface area contributed by atoms with Crippen LogP contribution in [0.4, 0.5) is 0 Å². The van der Waals surface area contributed by atoms with Crippen molar-refractivity contribution in [2.24, 2.45) is 17.3 Å². The van der Waals surface area contributed by atoms with E-state index in [0.29, 0.717) is 11.8 Å². The normalized spacial score (nSPS) is 38.2. The van der Waals surface area contributed by atoms with Gasteiger partial charge in [-0.3, -0.25) is 0 Å². The molecule has 0 bridgehead atoms. The fraction of sp³-hybridized carbons (Fsp3) is 1.00. The molecule has 0 aliphatic heterocycles. The second-order valence-electron chi connectivity index (χ2n) is 5.37. The second-order valence-corrected chi connectivity index (χ2v) is 5.37. The molecule has 1 aliphatic carbocycles. The third-order valence-corrected chi connectivity index (χ3v) is 3.28. The van der Waals surface area contributed by atoms with Gasteiger partial charge in [-0.2, -0.15) is 0 Å². The van der Waals surface area contributed by atoms with E-state index in [1.54, 1.807) is 0 Å². The van der Waals surface area contributed by atoms with Crippen molar-refractivity contribution in [1.29, 1.82) is 0 Å². The van der Waals surface area contributed by atoms with E-state index in [4.69, 9.17) is 0 Å². The molecule has 12 heavy (non-hydrogen) atoms. The molecule has 72 valence electrons. The predicted molar refractivity (Wildman–Crippen MR) is 52.0 cm³/mol. The van der Waals surface area contributed by atoms with Gasteiger partial charge in [0, 0.05) is 0 Å². The number of aliphatic hydroxyl groups is 1. The summed E-state index contributed by atoms with van der Waals surface area (Å²) in [7, 11) is 0. The van der Waals surface area contributed by atoms with Gasteiger partial charge in [-0.05, 0) is 30.1 Å². The van der Waals surface area contributed by atoms with Crippen LogP contribution in [0.15, 0.2) is 0 Å². The van der Waals surface area contributed by atoms with Gasteiger partial charge in [-0.25, -0.2) is 0 Å². The summed E-state index contributed by atoms with van der Waals surface area (Å²) >= 11 is 0. The molecule has 3 atom stereocenters. The standard InChI is InChI=1S/C11H22O/c1-8-6-5-7-9(10(8)12)11(2,3)4/h8-10,12H,5-7H2,1-4H3/t8?,9-,10+/m1/s1. The van der Waals surface area contributed by atoms with Crippen molar-refractivity contribution >= 4 is 0 Å². The molecule has 0 amide bonds. The van der Waals surface area contributed by atoms with Gasteiger partial charge < -0.3 is 5.11 Å². The molecule has 1 nitrogen and oxygen atoms in total. The monoisotopic (exact) mass is 170 g/mol. The maximum absolute atomic E-state index is 9.97. The van der Waals surface area contributed by atoms with E-state index < -0.39 is 0 Å². The van der Waals surface area contributed by atoms with Crippen molar-refractivity contribution in [3.8, 4) is 0 Å². The summed E-state index contributed by atoms with van der Waals surface area (Å²) in [5, 5.41) is 9.97. The molecule has 0 heterocycles. The molecule has 1 heteroatoms. The maximum atomic E-state index is 9.97. The number of hydrogen-bond donors (Lipinski definition) is 1. The van der Waals surface area contributed by atoms with Crippen molar-refractivity contribution in [3.05, 3.63) is 0 Å². The Morgan fingerprint density at radius 2 is 1.75 bits per heavy atom. The van der Waals surface area contributed by atoms with Crippen LogP contribution >= 0.6 is 0 Å². The maximum Gasteiger partial charge on any atom is 0.0598 e. The van der Waals surface area contributed by atoms with Crippen LogP contribution in [0.25, 0.3) is 0 Å². The molecule has 1 aliphatic rings. The summed E-state index contributed by atoms with van der Waals surface area (Å²) in [4.78, 5) is 0. The number of rotatable bonds is 0. The van der Waals surface area contributed by atoms with Crippen LogP contribution in [-0.4, -0.2) is 11.2 Å². The summed E-state index contributed by atoms with van der Waals surface area (Å²) in [6.45, 7) is 8.87. The molecule has 0 radical (unpaired) electrons. The molecule has 0 aromatic carbocycles. The smallest absolute Gasteiger partial charge is 0.0598 e. The molecule has 0 aromatic rings. The predicted octanol–water partition coefficient (Wildman–Crippen LogP) is 2.83. The Bertz CT molecular complexity index is 146. The minimum Gasteiger partial charge on any atom is -0.393 e. The lowest BCUT2D eigenvalue weighted by atomic mass is 9.68. The van der Waals surface area contributed by atoms with Gasteiger partial charge in [-0.15, -0.1) is 0 Å². The Kier molecular flexibility index (Phi) is 2.82. The molecule has 0 saturated heterocycles. The van der Waals surface area contributed by atoms with Crippen molar-refractivity contribution in [1.82, 2.24) is 0 Å². The van der Waals surface area contributed by atoms with Crippen molar-refractivity contribution in [2.75, 3.05) is 0 Å². The number of aliphatic hydroxyl groups excluding tert-OH is 1. The summed E-state index contributed by atoms with van der Waals surface area (Å²) in [6, 6.07) is 0. The summed E-state index contributed by atoms with van der Waals surface area (Å²) in [5.41, 5.74) is 0.272. The first-order valence-electron chi connectivity index (χ1n) is 5.11. The molecule has 0 aromatic heterocycles. The average Bonchev–Trinajstić information content (AvgIpc) is 1.92. The zero-order valence-corrected chi connectivity index (χ0v) is 8.80. The Morgan fingerprint density at radius 3 is 2.17 bits per heavy atom. The molecule has 1 N–H and O–H groups in total. The van der Waals surface area contributed by atoms with E-state index >= 15 is 0 Å². The quantitative estimate of drug-likeness (QED) is 0.592. The molecule has 1 unspecified atom stereocenters. The van der Waals surface area contributed by atoms with Gasteiger partial charge in [0.05, 0.1) is 6.10 Å². The molecule has 0 spiro atoms. The highest BCUT2D eigenvalue weighted by Crippen LogP contribution is 2.40. The fourth-order valence-corrected chi connectivity index (χ4v) is 2.34. The lowest BCUT2D eigenvalue weighted by Gasteiger charge is -2.40. The first-order chi connectivity index (χ1) is 5.43. The molecule has 1 fully saturated rings. The van der Waals surface area contributed by atoms with E-state index in [1.807, 2.05) is 0 Å². The largest absolute Gasteiger partial charge is 0.393 e. The van der Waals surface area contributed by atoms with Crippen LogP contribution in [0.5, 0.6) is 0 Å². The molecular formula is C11H22O. The minimum absolute atomic E-state index is 0.0706. The van der Waals surface area contributed by atoms with Crippen LogP contribution in [-0.2, 0) is 0 Å². The molecule has 1 rings (SSSR count). The van der Waals surface area contributed by atoms with Gasteiger partial charge in [0.25, 0.3) is 0 Å². The Balaban J connectivity index is 2.64. The Morgan fingerprint density at radius 1 is 1.17 bits per heavy atom. The SMILES string of the molecule is CC1CCC[C@@H](C(C)(C)C)[C@H]1O. The summed E-state index contributed by atoms with van der Waals surface area (Å²) < 4.78 is 0. The average molecular weight is 170 g/mol. The topological polar surface area (TPSA) is 20.2 Å². The van der Waals surface area contributed by atoms with Gasteiger partial charge in [0.15, 0.2) is 0 Å². The number of hydrogen-bond acceptors (Lipinski definition) is 1. The van der Waals surface area contributed by atoms with Crippen LogP contribution in [0, 0.1) is 17.3 Å². The third-order valence-electron chi connectivity index (χ3n) is 3.28. The first kappa shape index (κ1) is 10.0. The van der Waals surface area contributed by atoms with Crippen molar-refractivity contribution in [3.63, 3.8) is 0 Å². The lowest BCUT2D eigenvalue weighted by Crippen LogP contribution is -2.39. The second kappa shape index (κ2) is 3.37. The first-order valence-corrected chi connectivity index (χ1v) is 5.11. The van der Waals surface area contributed by atoms with Crippen molar-refractivity contribution < 1.29 is 5.11 Å². The van der Waals surface area contributed by atoms with Crippen molar-refractivity contribution in [2.45, 2.75) is 53.1 Å². The van der Waals surface area contributed by atoms with E-state index in [9.17, 15) is 5.11 Å². The van der Waals surface area contributed by atoms with E-state index in [1.165, 1.54) is 19.3 Å².